The summed E-state index contributed by atoms with van der Waals surface area (Å²) in [6.45, 7) is 0. The van der Waals surface area contributed by atoms with Gasteiger partial charge in [-0.25, -0.2) is 0 Å². The van der Waals surface area contributed by atoms with Crippen molar-refractivity contribution in [2.45, 2.75) is 6.42 Å². The maximum absolute atomic E-state index is 5.77. The molecule has 0 aliphatic rings. The zero-order chi connectivity index (χ0) is 8.81. The molecule has 0 atom stereocenters. The fourth-order valence-electron chi connectivity index (χ4n) is 0.779. The van der Waals surface area contributed by atoms with Crippen molar-refractivity contribution < 1.29 is 0 Å². The molecule has 0 unspecified atom stereocenters. The van der Waals surface area contributed by atoms with Crippen LogP contribution in [0, 0.1) is 0 Å². The third kappa shape index (κ3) is 3.37. The molecule has 1 nitrogen and oxygen atoms in total. The molecule has 64 valence electrons. The average molecular weight is 247 g/mol. The fraction of sp³-hybridized carbons (Fsp3) is 0.222. The summed E-state index contributed by atoms with van der Waals surface area (Å²) in [5.41, 5.74) is 0.906. The minimum atomic E-state index is 0.725. The summed E-state index contributed by atoms with van der Waals surface area (Å²) >= 11 is 9.11. The quantitative estimate of drug-likeness (QED) is 0.744. The van der Waals surface area contributed by atoms with Gasteiger partial charge in [-0.2, -0.15) is 0 Å². The van der Waals surface area contributed by atoms with Gasteiger partial charge in [0.05, 0.1) is 5.69 Å². The first-order valence-corrected chi connectivity index (χ1v) is 5.17. The van der Waals surface area contributed by atoms with Gasteiger partial charge in [-0.05, 0) is 24.6 Å². The number of hydrogen-bond donors (Lipinski definition) is 0. The summed E-state index contributed by atoms with van der Waals surface area (Å²) < 4.78 is 0. The van der Waals surface area contributed by atoms with Crippen molar-refractivity contribution in [3.05, 3.63) is 35.1 Å². The van der Waals surface area contributed by atoms with Crippen molar-refractivity contribution in [2.75, 3.05) is 5.33 Å². The molecule has 1 aromatic rings. The van der Waals surface area contributed by atoms with E-state index in [-0.39, 0.29) is 0 Å². The van der Waals surface area contributed by atoms with Gasteiger partial charge in [0.25, 0.3) is 0 Å². The summed E-state index contributed by atoms with van der Waals surface area (Å²) in [4.78, 5) is 4.12. The Bertz CT molecular complexity index is 273. The summed E-state index contributed by atoms with van der Waals surface area (Å²) in [7, 11) is 0. The van der Waals surface area contributed by atoms with Crippen molar-refractivity contribution >= 4 is 33.6 Å². The highest BCUT2D eigenvalue weighted by Gasteiger charge is 1.88. The molecule has 1 rings (SSSR count). The van der Waals surface area contributed by atoms with E-state index in [1.165, 1.54) is 0 Å². The minimum Gasteiger partial charge on any atom is -0.257 e. The predicted molar refractivity (Wildman–Crippen MR) is 56.7 cm³/mol. The Morgan fingerprint density at radius 3 is 3.08 bits per heavy atom. The topological polar surface area (TPSA) is 12.9 Å². The second kappa shape index (κ2) is 5.33. The second-order valence-electron chi connectivity index (χ2n) is 2.28. The van der Waals surface area contributed by atoms with Crippen LogP contribution < -0.4 is 0 Å². The van der Waals surface area contributed by atoms with Crippen molar-refractivity contribution in [1.82, 2.24) is 4.98 Å². The van der Waals surface area contributed by atoms with Gasteiger partial charge in [0, 0.05) is 16.5 Å². The summed E-state index contributed by atoms with van der Waals surface area (Å²) in [5, 5.41) is 1.70. The third-order valence-corrected chi connectivity index (χ3v) is 2.00. The lowest BCUT2D eigenvalue weighted by atomic mass is 10.3. The number of allylic oxidation sites excluding steroid dienone is 1. The predicted octanol–water partition coefficient (Wildman–Crippen LogP) is 3.53. The standard InChI is InChI=1S/C9H9BrClN/c10-5-2-1-3-9-7-8(11)4-6-12-9/h1,3-4,6-7H,2,5H2. The van der Waals surface area contributed by atoms with Gasteiger partial charge in [0.15, 0.2) is 0 Å². The molecule has 0 aromatic carbocycles. The highest BCUT2D eigenvalue weighted by Crippen LogP contribution is 2.09. The number of hydrogen-bond acceptors (Lipinski definition) is 1. The normalized spacial score (nSPS) is 10.8. The summed E-state index contributed by atoms with van der Waals surface area (Å²) in [6, 6.07) is 3.61. The highest BCUT2D eigenvalue weighted by atomic mass is 79.9. The van der Waals surface area contributed by atoms with Crippen LogP contribution in [-0.2, 0) is 0 Å². The van der Waals surface area contributed by atoms with Gasteiger partial charge in [0.2, 0.25) is 0 Å². The number of alkyl halides is 1. The van der Waals surface area contributed by atoms with E-state index in [0.29, 0.717) is 0 Å². The van der Waals surface area contributed by atoms with E-state index in [4.69, 9.17) is 11.6 Å². The van der Waals surface area contributed by atoms with Crippen LogP contribution >= 0.6 is 27.5 Å². The maximum Gasteiger partial charge on any atom is 0.0641 e. The van der Waals surface area contributed by atoms with Crippen molar-refractivity contribution in [1.29, 1.82) is 0 Å². The zero-order valence-electron chi connectivity index (χ0n) is 6.50. The molecular formula is C9H9BrClN. The Labute approximate surface area is 85.6 Å². The Morgan fingerprint density at radius 2 is 2.42 bits per heavy atom. The largest absolute Gasteiger partial charge is 0.257 e. The molecule has 1 heterocycles. The molecule has 0 radical (unpaired) electrons. The number of rotatable bonds is 3. The smallest absolute Gasteiger partial charge is 0.0641 e. The molecule has 0 saturated carbocycles. The van der Waals surface area contributed by atoms with E-state index in [1.54, 1.807) is 12.3 Å². The highest BCUT2D eigenvalue weighted by molar-refractivity contribution is 9.09. The molecule has 0 spiro atoms. The van der Waals surface area contributed by atoms with Gasteiger partial charge in [-0.3, -0.25) is 4.98 Å². The van der Waals surface area contributed by atoms with Crippen LogP contribution in [0.15, 0.2) is 24.4 Å². The van der Waals surface area contributed by atoms with E-state index in [2.05, 4.69) is 27.0 Å². The van der Waals surface area contributed by atoms with Gasteiger partial charge >= 0.3 is 0 Å². The minimum absolute atomic E-state index is 0.725. The molecule has 12 heavy (non-hydrogen) atoms. The molecule has 3 heteroatoms. The van der Waals surface area contributed by atoms with Crippen molar-refractivity contribution in [3.63, 3.8) is 0 Å². The van der Waals surface area contributed by atoms with E-state index in [0.717, 1.165) is 22.5 Å². The van der Waals surface area contributed by atoms with E-state index in [9.17, 15) is 0 Å². The van der Waals surface area contributed by atoms with Gasteiger partial charge < -0.3 is 0 Å². The maximum atomic E-state index is 5.77. The lowest BCUT2D eigenvalue weighted by molar-refractivity contribution is 1.25. The average Bonchev–Trinajstić information content (AvgIpc) is 2.05. The number of halogens is 2. The molecule has 0 saturated heterocycles. The van der Waals surface area contributed by atoms with Crippen LogP contribution in [0.4, 0.5) is 0 Å². The molecule has 0 aliphatic heterocycles. The van der Waals surface area contributed by atoms with Crippen molar-refractivity contribution in [3.8, 4) is 0 Å². The van der Waals surface area contributed by atoms with Crippen LogP contribution in [0.2, 0.25) is 5.02 Å². The molecule has 0 amide bonds. The van der Waals surface area contributed by atoms with Gasteiger partial charge in [-0.15, -0.1) is 0 Å². The Balaban J connectivity index is 2.63. The Morgan fingerprint density at radius 1 is 1.58 bits per heavy atom. The first-order chi connectivity index (χ1) is 5.83. The molecule has 0 bridgehead atoms. The fourth-order valence-corrected chi connectivity index (χ4v) is 1.21. The second-order valence-corrected chi connectivity index (χ2v) is 3.51. The third-order valence-electron chi connectivity index (χ3n) is 1.31. The Kier molecular flexibility index (Phi) is 4.33. The number of pyridine rings is 1. The van der Waals surface area contributed by atoms with E-state index < -0.39 is 0 Å². The summed E-state index contributed by atoms with van der Waals surface area (Å²) in [5.74, 6) is 0. The SMILES string of the molecule is Clc1ccnc(C=CCCBr)c1. The zero-order valence-corrected chi connectivity index (χ0v) is 8.85. The van der Waals surface area contributed by atoms with E-state index >= 15 is 0 Å². The van der Waals surface area contributed by atoms with Crippen LogP contribution in [0.1, 0.15) is 12.1 Å². The van der Waals surface area contributed by atoms with Crippen LogP contribution in [0.5, 0.6) is 0 Å². The van der Waals surface area contributed by atoms with E-state index in [1.807, 2.05) is 12.1 Å². The lowest BCUT2D eigenvalue weighted by Crippen LogP contribution is -1.78. The first kappa shape index (κ1) is 9.75. The van der Waals surface area contributed by atoms with Gasteiger partial charge in [-0.1, -0.05) is 33.6 Å². The molecule has 0 N–H and O–H groups in total. The first-order valence-electron chi connectivity index (χ1n) is 3.67. The van der Waals surface area contributed by atoms with Crippen LogP contribution in [0.3, 0.4) is 0 Å². The van der Waals surface area contributed by atoms with Crippen molar-refractivity contribution in [2.24, 2.45) is 0 Å². The number of aromatic nitrogens is 1. The molecule has 0 fully saturated rings. The number of nitrogens with zero attached hydrogens (tertiary/aromatic N) is 1. The van der Waals surface area contributed by atoms with Crippen LogP contribution in [-0.4, -0.2) is 10.3 Å². The molecule has 1 aromatic heterocycles. The summed E-state index contributed by atoms with van der Waals surface area (Å²) in [6.07, 6.45) is 6.74. The molecular weight excluding hydrogens is 237 g/mol. The van der Waals surface area contributed by atoms with Crippen LogP contribution in [0.25, 0.3) is 6.08 Å². The molecule has 0 aliphatic carbocycles. The lowest BCUT2D eigenvalue weighted by Gasteiger charge is -1.92. The van der Waals surface area contributed by atoms with Gasteiger partial charge in [0.1, 0.15) is 0 Å². The monoisotopic (exact) mass is 245 g/mol. The Hall–Kier alpha value is -0.340.